The molecular formula is C14H20BrNO. The first-order valence-electron chi connectivity index (χ1n) is 6.31. The SMILES string of the molecule is CC(NCCOCc1cccc(Br)c1)C1CC1. The minimum atomic E-state index is 0.657. The third-order valence-corrected chi connectivity index (χ3v) is 3.69. The molecular weight excluding hydrogens is 278 g/mol. The molecule has 1 unspecified atom stereocenters. The molecule has 1 N–H and O–H groups in total. The van der Waals surface area contributed by atoms with Crippen LogP contribution >= 0.6 is 15.9 Å². The van der Waals surface area contributed by atoms with E-state index in [0.29, 0.717) is 12.6 Å². The second kappa shape index (κ2) is 6.53. The summed E-state index contributed by atoms with van der Waals surface area (Å²) >= 11 is 3.46. The smallest absolute Gasteiger partial charge is 0.0717 e. The first-order valence-corrected chi connectivity index (χ1v) is 7.10. The van der Waals surface area contributed by atoms with Crippen molar-refractivity contribution in [1.29, 1.82) is 0 Å². The standard InChI is InChI=1S/C14H20BrNO/c1-11(13-5-6-13)16-7-8-17-10-12-3-2-4-14(15)9-12/h2-4,9,11,13,16H,5-8,10H2,1H3. The van der Waals surface area contributed by atoms with Crippen LogP contribution in [0.2, 0.25) is 0 Å². The summed E-state index contributed by atoms with van der Waals surface area (Å²) in [6, 6.07) is 8.91. The van der Waals surface area contributed by atoms with Gasteiger partial charge in [0.15, 0.2) is 0 Å². The van der Waals surface area contributed by atoms with E-state index in [-0.39, 0.29) is 0 Å². The molecule has 2 rings (SSSR count). The van der Waals surface area contributed by atoms with Crippen LogP contribution in [0, 0.1) is 5.92 Å². The van der Waals surface area contributed by atoms with E-state index in [2.05, 4.69) is 40.3 Å². The van der Waals surface area contributed by atoms with Crippen molar-refractivity contribution in [2.24, 2.45) is 5.92 Å². The van der Waals surface area contributed by atoms with E-state index in [9.17, 15) is 0 Å². The van der Waals surface area contributed by atoms with Gasteiger partial charge in [0.25, 0.3) is 0 Å². The molecule has 1 saturated carbocycles. The van der Waals surface area contributed by atoms with Gasteiger partial charge in [0, 0.05) is 17.1 Å². The summed E-state index contributed by atoms with van der Waals surface area (Å²) in [6.45, 7) is 4.69. The number of hydrogen-bond acceptors (Lipinski definition) is 2. The molecule has 94 valence electrons. The molecule has 1 aliphatic rings. The Bertz CT molecular complexity index is 352. The molecule has 0 saturated heterocycles. The van der Waals surface area contributed by atoms with Gasteiger partial charge in [-0.15, -0.1) is 0 Å². The van der Waals surface area contributed by atoms with Crippen LogP contribution in [-0.4, -0.2) is 19.2 Å². The summed E-state index contributed by atoms with van der Waals surface area (Å²) in [5.41, 5.74) is 1.22. The summed E-state index contributed by atoms with van der Waals surface area (Å²) in [4.78, 5) is 0. The fourth-order valence-corrected chi connectivity index (χ4v) is 2.39. The van der Waals surface area contributed by atoms with E-state index in [1.165, 1.54) is 18.4 Å². The van der Waals surface area contributed by atoms with Crippen molar-refractivity contribution in [2.45, 2.75) is 32.4 Å². The number of rotatable bonds is 7. The van der Waals surface area contributed by atoms with Crippen molar-refractivity contribution in [1.82, 2.24) is 5.32 Å². The van der Waals surface area contributed by atoms with Crippen LogP contribution in [0.4, 0.5) is 0 Å². The van der Waals surface area contributed by atoms with Crippen LogP contribution in [0.1, 0.15) is 25.3 Å². The highest BCUT2D eigenvalue weighted by molar-refractivity contribution is 9.10. The number of halogens is 1. The zero-order valence-electron chi connectivity index (χ0n) is 10.3. The first kappa shape index (κ1) is 13.1. The summed E-state index contributed by atoms with van der Waals surface area (Å²) < 4.78 is 6.75. The van der Waals surface area contributed by atoms with Gasteiger partial charge in [0.05, 0.1) is 13.2 Å². The van der Waals surface area contributed by atoms with E-state index in [4.69, 9.17) is 4.74 Å². The maximum atomic E-state index is 5.64. The Labute approximate surface area is 112 Å². The van der Waals surface area contributed by atoms with E-state index < -0.39 is 0 Å². The van der Waals surface area contributed by atoms with Gasteiger partial charge in [-0.3, -0.25) is 0 Å². The fourth-order valence-electron chi connectivity index (χ4n) is 1.94. The maximum Gasteiger partial charge on any atom is 0.0717 e. The van der Waals surface area contributed by atoms with Crippen molar-refractivity contribution < 1.29 is 4.74 Å². The fraction of sp³-hybridized carbons (Fsp3) is 0.571. The minimum absolute atomic E-state index is 0.657. The third kappa shape index (κ3) is 4.78. The van der Waals surface area contributed by atoms with Crippen molar-refractivity contribution in [3.63, 3.8) is 0 Å². The van der Waals surface area contributed by atoms with E-state index >= 15 is 0 Å². The molecule has 1 aromatic rings. The van der Waals surface area contributed by atoms with Crippen LogP contribution in [-0.2, 0) is 11.3 Å². The summed E-state index contributed by atoms with van der Waals surface area (Å²) in [5.74, 6) is 0.917. The first-order chi connectivity index (χ1) is 8.25. The molecule has 0 spiro atoms. The number of benzene rings is 1. The average molecular weight is 298 g/mol. The predicted molar refractivity (Wildman–Crippen MR) is 74.0 cm³/mol. The Balaban J connectivity index is 1.56. The molecule has 0 heterocycles. The molecule has 1 atom stereocenters. The second-order valence-electron chi connectivity index (χ2n) is 4.76. The average Bonchev–Trinajstić information content (AvgIpc) is 3.12. The zero-order valence-corrected chi connectivity index (χ0v) is 11.9. The van der Waals surface area contributed by atoms with Crippen LogP contribution in [0.5, 0.6) is 0 Å². The Kier molecular flexibility index (Phi) is 5.01. The Hall–Kier alpha value is -0.380. The number of nitrogens with one attached hydrogen (secondary N) is 1. The highest BCUT2D eigenvalue weighted by atomic mass is 79.9. The quantitative estimate of drug-likeness (QED) is 0.779. The molecule has 0 amide bonds. The predicted octanol–water partition coefficient (Wildman–Crippen LogP) is 3.35. The summed E-state index contributed by atoms with van der Waals surface area (Å²) in [6.07, 6.45) is 2.79. The Morgan fingerprint density at radius 2 is 2.29 bits per heavy atom. The van der Waals surface area contributed by atoms with Gasteiger partial charge in [-0.2, -0.15) is 0 Å². The lowest BCUT2D eigenvalue weighted by atomic mass is 10.2. The summed E-state index contributed by atoms with van der Waals surface area (Å²) in [7, 11) is 0. The van der Waals surface area contributed by atoms with Gasteiger partial charge in [-0.05, 0) is 43.4 Å². The molecule has 2 nitrogen and oxygen atoms in total. The van der Waals surface area contributed by atoms with Crippen molar-refractivity contribution in [2.75, 3.05) is 13.2 Å². The van der Waals surface area contributed by atoms with Gasteiger partial charge in [-0.1, -0.05) is 28.1 Å². The van der Waals surface area contributed by atoms with Crippen molar-refractivity contribution in [3.8, 4) is 0 Å². The lowest BCUT2D eigenvalue weighted by Gasteiger charge is -2.12. The second-order valence-corrected chi connectivity index (χ2v) is 5.68. The van der Waals surface area contributed by atoms with Gasteiger partial charge in [-0.25, -0.2) is 0 Å². The number of ether oxygens (including phenoxy) is 1. The van der Waals surface area contributed by atoms with Gasteiger partial charge in [0.1, 0.15) is 0 Å². The van der Waals surface area contributed by atoms with Crippen LogP contribution < -0.4 is 5.32 Å². The minimum Gasteiger partial charge on any atom is -0.375 e. The number of hydrogen-bond donors (Lipinski definition) is 1. The highest BCUT2D eigenvalue weighted by Gasteiger charge is 2.27. The van der Waals surface area contributed by atoms with Crippen molar-refractivity contribution >= 4 is 15.9 Å². The molecule has 1 aliphatic carbocycles. The third-order valence-electron chi connectivity index (χ3n) is 3.20. The lowest BCUT2D eigenvalue weighted by molar-refractivity contribution is 0.120. The lowest BCUT2D eigenvalue weighted by Crippen LogP contribution is -2.30. The van der Waals surface area contributed by atoms with E-state index in [0.717, 1.165) is 23.5 Å². The maximum absolute atomic E-state index is 5.64. The van der Waals surface area contributed by atoms with Crippen LogP contribution in [0.3, 0.4) is 0 Å². The Morgan fingerprint density at radius 1 is 1.47 bits per heavy atom. The monoisotopic (exact) mass is 297 g/mol. The molecule has 1 fully saturated rings. The molecule has 0 radical (unpaired) electrons. The Morgan fingerprint density at radius 3 is 3.00 bits per heavy atom. The normalized spacial score (nSPS) is 17.1. The molecule has 0 aliphatic heterocycles. The topological polar surface area (TPSA) is 21.3 Å². The van der Waals surface area contributed by atoms with Gasteiger partial charge < -0.3 is 10.1 Å². The van der Waals surface area contributed by atoms with Crippen LogP contribution in [0.15, 0.2) is 28.7 Å². The van der Waals surface area contributed by atoms with Crippen LogP contribution in [0.25, 0.3) is 0 Å². The molecule has 0 bridgehead atoms. The summed E-state index contributed by atoms with van der Waals surface area (Å²) in [5, 5.41) is 3.51. The van der Waals surface area contributed by atoms with E-state index in [1.54, 1.807) is 0 Å². The largest absolute Gasteiger partial charge is 0.375 e. The molecule has 3 heteroatoms. The molecule has 0 aromatic heterocycles. The zero-order chi connectivity index (χ0) is 12.1. The highest BCUT2D eigenvalue weighted by Crippen LogP contribution is 2.32. The van der Waals surface area contributed by atoms with Gasteiger partial charge in [0.2, 0.25) is 0 Å². The molecule has 17 heavy (non-hydrogen) atoms. The molecule has 1 aromatic carbocycles. The van der Waals surface area contributed by atoms with Crippen molar-refractivity contribution in [3.05, 3.63) is 34.3 Å². The van der Waals surface area contributed by atoms with Gasteiger partial charge >= 0.3 is 0 Å². The van der Waals surface area contributed by atoms with E-state index in [1.807, 2.05) is 12.1 Å².